The maximum Gasteiger partial charge on any atom is 0.0951 e. The van der Waals surface area contributed by atoms with Crippen molar-refractivity contribution in [1.82, 2.24) is 14.9 Å². The van der Waals surface area contributed by atoms with E-state index in [1.54, 1.807) is 0 Å². The van der Waals surface area contributed by atoms with E-state index in [1.165, 1.54) is 18.5 Å². The Morgan fingerprint density at radius 2 is 2.16 bits per heavy atom. The first-order valence-corrected chi connectivity index (χ1v) is 7.41. The van der Waals surface area contributed by atoms with Gasteiger partial charge in [0, 0.05) is 23.8 Å². The SMILES string of the molecule is Cc1ncn(CCCCC(C)(CO)NC2CC2)c1C. The van der Waals surface area contributed by atoms with Gasteiger partial charge in [-0.1, -0.05) is 0 Å². The fraction of sp³-hybridized carbons (Fsp3) is 0.800. The average Bonchev–Trinajstić information content (AvgIpc) is 3.14. The van der Waals surface area contributed by atoms with Crippen LogP contribution in [0.25, 0.3) is 0 Å². The molecule has 1 unspecified atom stereocenters. The topological polar surface area (TPSA) is 50.1 Å². The summed E-state index contributed by atoms with van der Waals surface area (Å²) in [5.74, 6) is 0. The fourth-order valence-electron chi connectivity index (χ4n) is 2.48. The van der Waals surface area contributed by atoms with Crippen molar-refractivity contribution in [2.24, 2.45) is 0 Å². The van der Waals surface area contributed by atoms with E-state index in [-0.39, 0.29) is 12.1 Å². The number of unbranched alkanes of at least 4 members (excludes halogenated alkanes) is 1. The van der Waals surface area contributed by atoms with E-state index in [4.69, 9.17) is 0 Å². The predicted octanol–water partition coefficient (Wildman–Crippen LogP) is 2.17. The highest BCUT2D eigenvalue weighted by Crippen LogP contribution is 2.25. The standard InChI is InChI=1S/C15H27N3O/c1-12-13(2)18(11-16-12)9-5-4-8-15(3,10-19)17-14-6-7-14/h11,14,17,19H,4-10H2,1-3H3. The molecule has 0 spiro atoms. The third-order valence-corrected chi connectivity index (χ3v) is 4.20. The molecule has 1 aliphatic carbocycles. The number of aryl methyl sites for hydroxylation is 2. The van der Waals surface area contributed by atoms with Gasteiger partial charge in [-0.25, -0.2) is 4.98 Å². The van der Waals surface area contributed by atoms with Crippen molar-refractivity contribution < 1.29 is 5.11 Å². The van der Waals surface area contributed by atoms with Crippen molar-refractivity contribution >= 4 is 0 Å². The largest absolute Gasteiger partial charge is 0.394 e. The highest BCUT2D eigenvalue weighted by atomic mass is 16.3. The van der Waals surface area contributed by atoms with E-state index in [1.807, 2.05) is 13.3 Å². The van der Waals surface area contributed by atoms with E-state index < -0.39 is 0 Å². The van der Waals surface area contributed by atoms with E-state index in [2.05, 4.69) is 28.7 Å². The number of aliphatic hydroxyl groups excluding tert-OH is 1. The van der Waals surface area contributed by atoms with Crippen LogP contribution in [-0.4, -0.2) is 32.8 Å². The van der Waals surface area contributed by atoms with Gasteiger partial charge in [-0.05, 0) is 52.9 Å². The van der Waals surface area contributed by atoms with Gasteiger partial charge in [0.2, 0.25) is 0 Å². The smallest absolute Gasteiger partial charge is 0.0951 e. The zero-order chi connectivity index (χ0) is 13.9. The van der Waals surface area contributed by atoms with Gasteiger partial charge in [-0.3, -0.25) is 0 Å². The van der Waals surface area contributed by atoms with Crippen molar-refractivity contribution in [3.8, 4) is 0 Å². The number of hydrogen-bond acceptors (Lipinski definition) is 3. The molecule has 4 heteroatoms. The molecule has 0 saturated heterocycles. The Bertz CT molecular complexity index is 412. The molecule has 1 atom stereocenters. The molecule has 1 aromatic rings. The van der Waals surface area contributed by atoms with Crippen molar-refractivity contribution in [1.29, 1.82) is 0 Å². The van der Waals surface area contributed by atoms with E-state index in [0.717, 1.165) is 31.5 Å². The summed E-state index contributed by atoms with van der Waals surface area (Å²) < 4.78 is 2.22. The summed E-state index contributed by atoms with van der Waals surface area (Å²) in [7, 11) is 0. The molecule has 19 heavy (non-hydrogen) atoms. The highest BCUT2D eigenvalue weighted by molar-refractivity contribution is 5.08. The summed E-state index contributed by atoms with van der Waals surface area (Å²) >= 11 is 0. The van der Waals surface area contributed by atoms with Crippen LogP contribution in [0, 0.1) is 13.8 Å². The van der Waals surface area contributed by atoms with Crippen molar-refractivity contribution in [2.75, 3.05) is 6.61 Å². The minimum absolute atomic E-state index is 0.0962. The first kappa shape index (κ1) is 14.5. The van der Waals surface area contributed by atoms with Gasteiger partial charge < -0.3 is 15.0 Å². The molecule has 0 amide bonds. The number of imidazole rings is 1. The van der Waals surface area contributed by atoms with Gasteiger partial charge in [-0.2, -0.15) is 0 Å². The first-order chi connectivity index (χ1) is 9.04. The monoisotopic (exact) mass is 265 g/mol. The van der Waals surface area contributed by atoms with Gasteiger partial charge in [0.1, 0.15) is 0 Å². The van der Waals surface area contributed by atoms with Crippen LogP contribution in [-0.2, 0) is 6.54 Å². The van der Waals surface area contributed by atoms with Crippen LogP contribution in [0.2, 0.25) is 0 Å². The lowest BCUT2D eigenvalue weighted by Crippen LogP contribution is -2.46. The van der Waals surface area contributed by atoms with Crippen LogP contribution in [0.15, 0.2) is 6.33 Å². The second kappa shape index (κ2) is 6.06. The molecule has 1 aliphatic rings. The van der Waals surface area contributed by atoms with Crippen LogP contribution in [0.4, 0.5) is 0 Å². The van der Waals surface area contributed by atoms with Crippen molar-refractivity contribution in [3.63, 3.8) is 0 Å². The summed E-state index contributed by atoms with van der Waals surface area (Å²) in [4.78, 5) is 4.32. The Kier molecular flexibility index (Phi) is 4.63. The third kappa shape index (κ3) is 4.05. The molecule has 1 saturated carbocycles. The van der Waals surface area contributed by atoms with Crippen LogP contribution in [0.3, 0.4) is 0 Å². The normalized spacial score (nSPS) is 18.5. The molecule has 4 nitrogen and oxygen atoms in total. The van der Waals surface area contributed by atoms with Crippen LogP contribution in [0.1, 0.15) is 50.4 Å². The van der Waals surface area contributed by atoms with Crippen LogP contribution < -0.4 is 5.32 Å². The lowest BCUT2D eigenvalue weighted by atomic mass is 9.95. The Morgan fingerprint density at radius 3 is 2.68 bits per heavy atom. The Labute approximate surface area is 116 Å². The van der Waals surface area contributed by atoms with Crippen LogP contribution >= 0.6 is 0 Å². The minimum atomic E-state index is -0.0962. The molecule has 1 aromatic heterocycles. The molecule has 1 heterocycles. The maximum atomic E-state index is 9.55. The highest BCUT2D eigenvalue weighted by Gasteiger charge is 2.31. The molecule has 2 rings (SSSR count). The molecule has 0 aliphatic heterocycles. The minimum Gasteiger partial charge on any atom is -0.394 e. The second-order valence-electron chi connectivity index (χ2n) is 6.20. The van der Waals surface area contributed by atoms with Crippen molar-refractivity contribution in [2.45, 2.75) is 71.0 Å². The number of nitrogens with one attached hydrogen (secondary N) is 1. The van der Waals surface area contributed by atoms with Gasteiger partial charge in [0.05, 0.1) is 18.6 Å². The van der Waals surface area contributed by atoms with Gasteiger partial charge in [-0.15, -0.1) is 0 Å². The summed E-state index contributed by atoms with van der Waals surface area (Å²) in [6.07, 6.45) is 7.77. The second-order valence-corrected chi connectivity index (χ2v) is 6.20. The maximum absolute atomic E-state index is 9.55. The molecule has 0 bridgehead atoms. The van der Waals surface area contributed by atoms with E-state index in [0.29, 0.717) is 6.04 Å². The van der Waals surface area contributed by atoms with E-state index >= 15 is 0 Å². The average molecular weight is 265 g/mol. The number of nitrogens with zero attached hydrogens (tertiary/aromatic N) is 2. The zero-order valence-corrected chi connectivity index (χ0v) is 12.4. The summed E-state index contributed by atoms with van der Waals surface area (Å²) in [6, 6.07) is 0.649. The van der Waals surface area contributed by atoms with Gasteiger partial charge in [0.25, 0.3) is 0 Å². The molecular weight excluding hydrogens is 238 g/mol. The number of aliphatic hydroxyl groups is 1. The quantitative estimate of drug-likeness (QED) is 0.708. The fourth-order valence-corrected chi connectivity index (χ4v) is 2.48. The summed E-state index contributed by atoms with van der Waals surface area (Å²) in [5, 5.41) is 13.1. The lowest BCUT2D eigenvalue weighted by Gasteiger charge is -2.29. The number of hydrogen-bond donors (Lipinski definition) is 2. The predicted molar refractivity (Wildman–Crippen MR) is 77.2 cm³/mol. The van der Waals surface area contributed by atoms with Crippen LogP contribution in [0.5, 0.6) is 0 Å². The molecule has 2 N–H and O–H groups in total. The summed E-state index contributed by atoms with van der Waals surface area (Å²) in [5.41, 5.74) is 2.29. The number of aromatic nitrogens is 2. The summed E-state index contributed by atoms with van der Waals surface area (Å²) in [6.45, 7) is 7.56. The Balaban J connectivity index is 1.71. The molecule has 108 valence electrons. The lowest BCUT2D eigenvalue weighted by molar-refractivity contribution is 0.160. The van der Waals surface area contributed by atoms with E-state index in [9.17, 15) is 5.11 Å². The molecule has 1 fully saturated rings. The van der Waals surface area contributed by atoms with Gasteiger partial charge in [0.15, 0.2) is 0 Å². The zero-order valence-electron chi connectivity index (χ0n) is 12.4. The number of rotatable bonds is 8. The first-order valence-electron chi connectivity index (χ1n) is 7.41. The molecule has 0 aromatic carbocycles. The third-order valence-electron chi connectivity index (χ3n) is 4.20. The molecular formula is C15H27N3O. The van der Waals surface area contributed by atoms with Crippen molar-refractivity contribution in [3.05, 3.63) is 17.7 Å². The Morgan fingerprint density at radius 1 is 1.42 bits per heavy atom. The Hall–Kier alpha value is -0.870. The molecule has 0 radical (unpaired) electrons. The van der Waals surface area contributed by atoms with Gasteiger partial charge >= 0.3 is 0 Å².